The van der Waals surface area contributed by atoms with E-state index < -0.39 is 88.0 Å². The predicted octanol–water partition coefficient (Wildman–Crippen LogP) is 1.07. The second kappa shape index (κ2) is 10.5. The molecular formula is C36H51NO11. The van der Waals surface area contributed by atoms with E-state index in [0.29, 0.717) is 36.8 Å². The number of esters is 1. The summed E-state index contributed by atoms with van der Waals surface area (Å²) in [5.41, 5.74) is -5.30. The summed E-state index contributed by atoms with van der Waals surface area (Å²) in [6.45, 7) is 7.22. The molecule has 4 aliphatic carbocycles. The van der Waals surface area contributed by atoms with E-state index in [4.69, 9.17) is 18.9 Å². The predicted molar refractivity (Wildman–Crippen MR) is 169 cm³/mol. The molecule has 4 bridgehead atoms. The molecule has 0 unspecified atom stereocenters. The Bertz CT molecular complexity index is 1490. The van der Waals surface area contributed by atoms with Crippen LogP contribution in [0.4, 0.5) is 0 Å². The van der Waals surface area contributed by atoms with Crippen molar-refractivity contribution in [3.63, 3.8) is 0 Å². The summed E-state index contributed by atoms with van der Waals surface area (Å²) < 4.78 is 23.7. The van der Waals surface area contributed by atoms with E-state index in [9.17, 15) is 35.4 Å². The molecule has 0 radical (unpaired) electrons. The molecule has 0 amide bonds. The lowest BCUT2D eigenvalue weighted by atomic mass is 9.49. The van der Waals surface area contributed by atoms with Gasteiger partial charge >= 0.3 is 5.97 Å². The largest absolute Gasteiger partial charge is 0.493 e. The van der Waals surface area contributed by atoms with Crippen LogP contribution in [0.1, 0.15) is 69.7 Å². The maximum Gasteiger partial charge on any atom is 0.338 e. The normalized spacial score (nSPS) is 53.6. The van der Waals surface area contributed by atoms with E-state index in [-0.39, 0.29) is 24.4 Å². The van der Waals surface area contributed by atoms with Crippen molar-refractivity contribution >= 4 is 5.97 Å². The van der Waals surface area contributed by atoms with E-state index in [0.717, 1.165) is 19.4 Å². The van der Waals surface area contributed by atoms with Gasteiger partial charge in [-0.25, -0.2) is 4.79 Å². The lowest BCUT2D eigenvalue weighted by molar-refractivity contribution is -0.295. The number of rotatable bonds is 4. The molecule has 3 aliphatic heterocycles. The van der Waals surface area contributed by atoms with Crippen LogP contribution in [-0.2, 0) is 9.47 Å². The summed E-state index contributed by atoms with van der Waals surface area (Å²) in [6, 6.07) is 4.32. The van der Waals surface area contributed by atoms with Crippen LogP contribution in [0.15, 0.2) is 18.2 Å². The van der Waals surface area contributed by atoms with E-state index >= 15 is 0 Å². The highest BCUT2D eigenvalue weighted by molar-refractivity contribution is 5.90. The minimum Gasteiger partial charge on any atom is -0.493 e. The van der Waals surface area contributed by atoms with Crippen LogP contribution < -0.4 is 9.47 Å². The third-order valence-corrected chi connectivity index (χ3v) is 14.7. The van der Waals surface area contributed by atoms with Gasteiger partial charge in [0.1, 0.15) is 11.7 Å². The highest BCUT2D eigenvalue weighted by Gasteiger charge is 2.86. The van der Waals surface area contributed by atoms with Crippen LogP contribution in [0, 0.1) is 40.9 Å². The number of carbonyl (C=O) groups excluding carboxylic acids is 1. The van der Waals surface area contributed by atoms with Gasteiger partial charge in [-0.3, -0.25) is 4.90 Å². The van der Waals surface area contributed by atoms with Gasteiger partial charge in [0.2, 0.25) is 0 Å². The zero-order valence-corrected chi connectivity index (χ0v) is 28.4. The molecule has 4 saturated carbocycles. The molecular weight excluding hydrogens is 622 g/mol. The van der Waals surface area contributed by atoms with Gasteiger partial charge in [-0.05, 0) is 81.4 Å². The third kappa shape index (κ3) is 3.92. The van der Waals surface area contributed by atoms with Crippen molar-refractivity contribution in [3.8, 4) is 11.5 Å². The molecule has 16 atom stereocenters. The summed E-state index contributed by atoms with van der Waals surface area (Å²) in [4.78, 5) is 16.3. The second-order valence-electron chi connectivity index (χ2n) is 16.7. The van der Waals surface area contributed by atoms with E-state index in [2.05, 4.69) is 11.8 Å². The Balaban J connectivity index is 1.27. The topological polar surface area (TPSA) is 179 Å². The molecule has 3 saturated heterocycles. The van der Waals surface area contributed by atoms with Crippen LogP contribution in [0.5, 0.6) is 11.5 Å². The number of piperidine rings is 2. The summed E-state index contributed by atoms with van der Waals surface area (Å²) in [6.07, 6.45) is -2.64. The number of hydrogen-bond donors (Lipinski definition) is 6. The first-order chi connectivity index (χ1) is 22.6. The SMILES string of the molecule is COc1ccc(C(=O)O[C@H]2[C@H](O)[C@H]3[C@@H](CN4C[C@@H](C)CC[C@H]4[C@@]3(C)O)[C@@H]3C[C@@]45O[C@@]6(O)[C@@H](C[C@@H](O)[C@H]4[C@@]32O)[C@]5(C)CC[C@@H]6O)cc1OC. The van der Waals surface area contributed by atoms with Gasteiger partial charge < -0.3 is 49.6 Å². The standard InChI is InChI=1S/C36H51NO11/c1-17-6-9-25-33(3,42)27-19(16-37(25)15-17)20-14-34-29(21(38)13-24-32(34,2)11-10-26(39)36(24,44)48-34)35(20,43)30(28(27)40)47-31(41)18-7-8-22(45-4)23(12-18)46-5/h7-8,12,17,19-21,24-30,38-40,42-44H,6,9-11,13-16H2,1-5H3/t17-,19-,20-,21+,24-,25-,26-,27+,28+,29+,30-,32-,33+,34+,35-,36-/m0/s1. The van der Waals surface area contributed by atoms with Gasteiger partial charge in [0, 0.05) is 42.3 Å². The van der Waals surface area contributed by atoms with Gasteiger partial charge in [0.25, 0.3) is 0 Å². The summed E-state index contributed by atoms with van der Waals surface area (Å²) in [5.74, 6) is -5.15. The molecule has 12 heteroatoms. The van der Waals surface area contributed by atoms with Crippen molar-refractivity contribution in [2.75, 3.05) is 27.3 Å². The molecule has 1 spiro atoms. The van der Waals surface area contributed by atoms with Crippen molar-refractivity contribution < 1.29 is 54.4 Å². The molecule has 7 fully saturated rings. The number of fused-ring (bicyclic) bond motifs is 5. The Morgan fingerprint density at radius 3 is 2.44 bits per heavy atom. The number of carbonyl (C=O) groups is 1. The molecule has 48 heavy (non-hydrogen) atoms. The van der Waals surface area contributed by atoms with Gasteiger partial charge in [0.15, 0.2) is 23.4 Å². The Hall–Kier alpha value is -2.03. The zero-order chi connectivity index (χ0) is 34.3. The number of benzene rings is 1. The van der Waals surface area contributed by atoms with Crippen molar-refractivity contribution in [2.45, 2.75) is 112 Å². The molecule has 1 aromatic carbocycles. The first-order valence-corrected chi connectivity index (χ1v) is 17.7. The smallest absolute Gasteiger partial charge is 0.338 e. The first-order valence-electron chi connectivity index (χ1n) is 17.7. The maximum absolute atomic E-state index is 14.0. The highest BCUT2D eigenvalue weighted by atomic mass is 16.7. The molecule has 266 valence electrons. The van der Waals surface area contributed by atoms with Crippen LogP contribution in [-0.4, -0.2) is 122 Å². The average Bonchev–Trinajstić information content (AvgIpc) is 3.33. The van der Waals surface area contributed by atoms with Gasteiger partial charge in [-0.1, -0.05) is 13.8 Å². The van der Waals surface area contributed by atoms with Gasteiger partial charge in [0.05, 0.1) is 43.2 Å². The lowest BCUT2D eigenvalue weighted by Gasteiger charge is -2.64. The van der Waals surface area contributed by atoms with Crippen molar-refractivity contribution in [3.05, 3.63) is 23.8 Å². The Morgan fingerprint density at radius 1 is 1.00 bits per heavy atom. The zero-order valence-electron chi connectivity index (χ0n) is 28.4. The number of nitrogens with zero attached hydrogens (tertiary/aromatic N) is 1. The number of aliphatic hydroxyl groups is 6. The number of hydrogen-bond acceptors (Lipinski definition) is 12. The fourth-order valence-corrected chi connectivity index (χ4v) is 12.7. The van der Waals surface area contributed by atoms with E-state index in [1.54, 1.807) is 13.0 Å². The molecule has 3 heterocycles. The number of aliphatic hydroxyl groups excluding tert-OH is 3. The van der Waals surface area contributed by atoms with E-state index in [1.807, 2.05) is 6.92 Å². The second-order valence-corrected chi connectivity index (χ2v) is 16.7. The Kier molecular flexibility index (Phi) is 7.25. The van der Waals surface area contributed by atoms with Crippen LogP contribution >= 0.6 is 0 Å². The molecule has 1 aromatic rings. The van der Waals surface area contributed by atoms with Crippen LogP contribution in [0.2, 0.25) is 0 Å². The minimum atomic E-state index is -2.00. The molecule has 7 aliphatic rings. The van der Waals surface area contributed by atoms with Crippen molar-refractivity contribution in [2.24, 2.45) is 40.9 Å². The highest BCUT2D eigenvalue weighted by Crippen LogP contribution is 2.77. The lowest BCUT2D eigenvalue weighted by Crippen LogP contribution is -2.77. The summed E-state index contributed by atoms with van der Waals surface area (Å²) in [7, 11) is 2.93. The van der Waals surface area contributed by atoms with Crippen molar-refractivity contribution in [1.82, 2.24) is 4.90 Å². The van der Waals surface area contributed by atoms with Crippen LogP contribution in [0.3, 0.4) is 0 Å². The monoisotopic (exact) mass is 673 g/mol. The maximum atomic E-state index is 14.0. The first kappa shape index (κ1) is 33.1. The molecule has 8 rings (SSSR count). The summed E-state index contributed by atoms with van der Waals surface area (Å²) in [5, 5.41) is 73.3. The number of ether oxygens (including phenoxy) is 4. The number of methoxy groups -OCH3 is 2. The molecule has 0 aromatic heterocycles. The molecule has 12 nitrogen and oxygen atoms in total. The van der Waals surface area contributed by atoms with Crippen molar-refractivity contribution in [1.29, 1.82) is 0 Å². The summed E-state index contributed by atoms with van der Waals surface area (Å²) >= 11 is 0. The Labute approximate surface area is 280 Å². The van der Waals surface area contributed by atoms with Crippen LogP contribution in [0.25, 0.3) is 0 Å². The fraction of sp³-hybridized carbons (Fsp3) is 0.806. The average molecular weight is 674 g/mol. The molecule has 6 N–H and O–H groups in total. The third-order valence-electron chi connectivity index (χ3n) is 14.7. The van der Waals surface area contributed by atoms with E-state index in [1.165, 1.54) is 26.4 Å². The Morgan fingerprint density at radius 2 is 1.73 bits per heavy atom. The fourth-order valence-electron chi connectivity index (χ4n) is 12.7. The van der Waals surface area contributed by atoms with Gasteiger partial charge in [-0.15, -0.1) is 0 Å². The quantitative estimate of drug-likeness (QED) is 0.251. The van der Waals surface area contributed by atoms with Gasteiger partial charge in [-0.2, -0.15) is 0 Å². The minimum absolute atomic E-state index is 0.0650.